The Bertz CT molecular complexity index is 221. The van der Waals surface area contributed by atoms with Gasteiger partial charge in [0.15, 0.2) is 0 Å². The minimum atomic E-state index is 0.676. The molecule has 1 saturated heterocycles. The zero-order chi connectivity index (χ0) is 12.8. The summed E-state index contributed by atoms with van der Waals surface area (Å²) in [6.45, 7) is 4.52. The first kappa shape index (κ1) is 14.3. The molecule has 0 aromatic carbocycles. The minimum absolute atomic E-state index is 0.676. The van der Waals surface area contributed by atoms with Crippen LogP contribution in [0.5, 0.6) is 0 Å². The van der Waals surface area contributed by atoms with Crippen molar-refractivity contribution in [3.05, 3.63) is 0 Å². The Morgan fingerprint density at radius 2 is 1.67 bits per heavy atom. The van der Waals surface area contributed by atoms with E-state index in [4.69, 9.17) is 5.73 Å². The molecule has 2 unspecified atom stereocenters. The fourth-order valence-electron chi connectivity index (χ4n) is 4.20. The molecule has 0 radical (unpaired) electrons. The summed E-state index contributed by atoms with van der Waals surface area (Å²) < 4.78 is 0. The van der Waals surface area contributed by atoms with Gasteiger partial charge in [0.25, 0.3) is 0 Å². The standard InChI is InChI=1S/C16H32N2/c1-2-15-11-8-12-18(15)16(13-17)14-9-6-4-3-5-7-10-14/h14-16H,2-13,17H2,1H3. The topological polar surface area (TPSA) is 29.3 Å². The molecule has 1 heterocycles. The Morgan fingerprint density at radius 1 is 1.00 bits per heavy atom. The van der Waals surface area contributed by atoms with Gasteiger partial charge in [-0.1, -0.05) is 39.0 Å². The molecule has 0 amide bonds. The van der Waals surface area contributed by atoms with Gasteiger partial charge in [-0.25, -0.2) is 0 Å². The van der Waals surface area contributed by atoms with Gasteiger partial charge in [-0.3, -0.25) is 4.90 Å². The lowest BCUT2D eigenvalue weighted by atomic mass is 9.84. The van der Waals surface area contributed by atoms with Crippen LogP contribution in [0.2, 0.25) is 0 Å². The molecule has 1 saturated carbocycles. The van der Waals surface area contributed by atoms with Crippen LogP contribution in [-0.2, 0) is 0 Å². The molecule has 1 aliphatic carbocycles. The van der Waals surface area contributed by atoms with E-state index >= 15 is 0 Å². The van der Waals surface area contributed by atoms with E-state index in [-0.39, 0.29) is 0 Å². The van der Waals surface area contributed by atoms with Crippen LogP contribution >= 0.6 is 0 Å². The van der Waals surface area contributed by atoms with Gasteiger partial charge in [0.05, 0.1) is 0 Å². The second kappa shape index (κ2) is 7.49. The van der Waals surface area contributed by atoms with Crippen LogP contribution in [0.25, 0.3) is 0 Å². The van der Waals surface area contributed by atoms with Crippen LogP contribution in [0.1, 0.15) is 71.1 Å². The predicted molar refractivity (Wildman–Crippen MR) is 78.7 cm³/mol. The van der Waals surface area contributed by atoms with Crippen LogP contribution in [-0.4, -0.2) is 30.1 Å². The normalized spacial score (nSPS) is 30.0. The van der Waals surface area contributed by atoms with Crippen molar-refractivity contribution in [1.82, 2.24) is 4.90 Å². The highest BCUT2D eigenvalue weighted by atomic mass is 15.2. The van der Waals surface area contributed by atoms with E-state index in [1.807, 2.05) is 0 Å². The highest BCUT2D eigenvalue weighted by molar-refractivity contribution is 4.88. The lowest BCUT2D eigenvalue weighted by Crippen LogP contribution is -2.48. The third-order valence-electron chi connectivity index (χ3n) is 5.26. The molecule has 0 bridgehead atoms. The molecule has 18 heavy (non-hydrogen) atoms. The molecule has 2 aliphatic rings. The van der Waals surface area contributed by atoms with Crippen LogP contribution in [0.3, 0.4) is 0 Å². The van der Waals surface area contributed by atoms with E-state index in [1.54, 1.807) is 0 Å². The average Bonchev–Trinajstić information content (AvgIpc) is 2.80. The van der Waals surface area contributed by atoms with Crippen molar-refractivity contribution >= 4 is 0 Å². The van der Waals surface area contributed by atoms with Crippen molar-refractivity contribution in [2.75, 3.05) is 13.1 Å². The number of nitrogens with zero attached hydrogens (tertiary/aromatic N) is 1. The highest BCUT2D eigenvalue weighted by Crippen LogP contribution is 2.31. The number of hydrogen-bond acceptors (Lipinski definition) is 2. The van der Waals surface area contributed by atoms with Crippen LogP contribution in [0, 0.1) is 5.92 Å². The molecule has 2 heteroatoms. The van der Waals surface area contributed by atoms with Gasteiger partial charge in [0, 0.05) is 18.6 Å². The van der Waals surface area contributed by atoms with Crippen molar-refractivity contribution in [3.63, 3.8) is 0 Å². The smallest absolute Gasteiger partial charge is 0.0249 e. The van der Waals surface area contributed by atoms with E-state index in [9.17, 15) is 0 Å². The maximum absolute atomic E-state index is 6.15. The van der Waals surface area contributed by atoms with Crippen LogP contribution < -0.4 is 5.73 Å². The van der Waals surface area contributed by atoms with Gasteiger partial charge in [0.2, 0.25) is 0 Å². The second-order valence-corrected chi connectivity index (χ2v) is 6.35. The first-order valence-electron chi connectivity index (χ1n) is 8.32. The molecule has 2 rings (SSSR count). The molecular weight excluding hydrogens is 220 g/mol. The van der Waals surface area contributed by atoms with Crippen molar-refractivity contribution in [2.45, 2.75) is 83.2 Å². The average molecular weight is 252 g/mol. The molecule has 2 nitrogen and oxygen atoms in total. The molecule has 106 valence electrons. The monoisotopic (exact) mass is 252 g/mol. The van der Waals surface area contributed by atoms with Gasteiger partial charge in [-0.2, -0.15) is 0 Å². The zero-order valence-electron chi connectivity index (χ0n) is 12.2. The quantitative estimate of drug-likeness (QED) is 0.829. The minimum Gasteiger partial charge on any atom is -0.329 e. The van der Waals surface area contributed by atoms with Crippen molar-refractivity contribution < 1.29 is 0 Å². The summed E-state index contributed by atoms with van der Waals surface area (Å²) in [6.07, 6.45) is 14.2. The van der Waals surface area contributed by atoms with Crippen molar-refractivity contribution in [2.24, 2.45) is 11.7 Å². The summed E-state index contributed by atoms with van der Waals surface area (Å²) in [5.41, 5.74) is 6.15. The first-order valence-corrected chi connectivity index (χ1v) is 8.32. The summed E-state index contributed by atoms with van der Waals surface area (Å²) in [6, 6.07) is 1.50. The first-order chi connectivity index (χ1) is 8.86. The Morgan fingerprint density at radius 3 is 2.28 bits per heavy atom. The molecular formula is C16H32N2. The number of hydrogen-bond donors (Lipinski definition) is 1. The summed E-state index contributed by atoms with van der Waals surface area (Å²) >= 11 is 0. The summed E-state index contributed by atoms with van der Waals surface area (Å²) in [5.74, 6) is 0.877. The SMILES string of the molecule is CCC1CCCN1C(CN)C1CCCCCCC1. The number of rotatable bonds is 4. The Kier molecular flexibility index (Phi) is 5.97. The molecule has 2 atom stereocenters. The lowest BCUT2D eigenvalue weighted by Gasteiger charge is -2.38. The van der Waals surface area contributed by atoms with Gasteiger partial charge in [-0.05, 0) is 44.6 Å². The second-order valence-electron chi connectivity index (χ2n) is 6.35. The predicted octanol–water partition coefficient (Wildman–Crippen LogP) is 3.55. The zero-order valence-corrected chi connectivity index (χ0v) is 12.2. The maximum atomic E-state index is 6.15. The fourth-order valence-corrected chi connectivity index (χ4v) is 4.20. The van der Waals surface area contributed by atoms with E-state index in [1.165, 1.54) is 70.8 Å². The molecule has 0 aromatic rings. The summed E-state index contributed by atoms with van der Waals surface area (Å²) in [4.78, 5) is 2.77. The van der Waals surface area contributed by atoms with Crippen LogP contribution in [0.4, 0.5) is 0 Å². The van der Waals surface area contributed by atoms with E-state index in [0.717, 1.165) is 18.5 Å². The third-order valence-corrected chi connectivity index (χ3v) is 5.26. The lowest BCUT2D eigenvalue weighted by molar-refractivity contribution is 0.113. The maximum Gasteiger partial charge on any atom is 0.0249 e. The fraction of sp³-hybridized carbons (Fsp3) is 1.00. The van der Waals surface area contributed by atoms with Gasteiger partial charge >= 0.3 is 0 Å². The van der Waals surface area contributed by atoms with Gasteiger partial charge in [-0.15, -0.1) is 0 Å². The van der Waals surface area contributed by atoms with Crippen LogP contribution in [0.15, 0.2) is 0 Å². The molecule has 1 aliphatic heterocycles. The molecule has 0 spiro atoms. The Labute approximate surface area is 113 Å². The van der Waals surface area contributed by atoms with Gasteiger partial charge in [0.1, 0.15) is 0 Å². The highest BCUT2D eigenvalue weighted by Gasteiger charge is 2.33. The van der Waals surface area contributed by atoms with E-state index in [0.29, 0.717) is 6.04 Å². The molecule has 0 aromatic heterocycles. The Hall–Kier alpha value is -0.0800. The summed E-state index contributed by atoms with van der Waals surface area (Å²) in [7, 11) is 0. The Balaban J connectivity index is 1.96. The van der Waals surface area contributed by atoms with E-state index in [2.05, 4.69) is 11.8 Å². The largest absolute Gasteiger partial charge is 0.329 e. The number of likely N-dealkylation sites (tertiary alicyclic amines) is 1. The molecule has 2 fully saturated rings. The van der Waals surface area contributed by atoms with E-state index < -0.39 is 0 Å². The molecule has 2 N–H and O–H groups in total. The van der Waals surface area contributed by atoms with Crippen molar-refractivity contribution in [3.8, 4) is 0 Å². The van der Waals surface area contributed by atoms with Crippen molar-refractivity contribution in [1.29, 1.82) is 0 Å². The third kappa shape index (κ3) is 3.48. The van der Waals surface area contributed by atoms with Gasteiger partial charge < -0.3 is 5.73 Å². The number of nitrogens with two attached hydrogens (primary N) is 1. The summed E-state index contributed by atoms with van der Waals surface area (Å²) in [5, 5.41) is 0.